The molecule has 2 amide bonds. The molecule has 4 rings (SSSR count). The van der Waals surface area contributed by atoms with Crippen molar-refractivity contribution in [2.75, 3.05) is 30.4 Å². The molecule has 0 bridgehead atoms. The third-order valence-corrected chi connectivity index (χ3v) is 5.65. The lowest BCUT2D eigenvalue weighted by Gasteiger charge is -2.39. The number of halogens is 4. The maximum Gasteiger partial charge on any atom is 0.417 e. The van der Waals surface area contributed by atoms with Crippen molar-refractivity contribution < 1.29 is 22.4 Å². The van der Waals surface area contributed by atoms with Gasteiger partial charge in [0.05, 0.1) is 24.3 Å². The first-order chi connectivity index (χ1) is 15.5. The Morgan fingerprint density at radius 1 is 1.36 bits per heavy atom. The molecular formula is C20H21F4N7O2. The fourth-order valence-electron chi connectivity index (χ4n) is 3.82. The molecule has 0 radical (unpaired) electrons. The van der Waals surface area contributed by atoms with Gasteiger partial charge in [-0.25, -0.2) is 19.2 Å². The lowest BCUT2D eigenvalue weighted by molar-refractivity contribution is -0.138. The molecule has 1 aliphatic rings. The van der Waals surface area contributed by atoms with Crippen molar-refractivity contribution in [3.63, 3.8) is 0 Å². The van der Waals surface area contributed by atoms with Gasteiger partial charge in [0, 0.05) is 33.0 Å². The number of anilines is 2. The number of rotatable bonds is 3. The summed E-state index contributed by atoms with van der Waals surface area (Å²) in [5.74, 6) is 0.503. The molecule has 33 heavy (non-hydrogen) atoms. The van der Waals surface area contributed by atoms with E-state index in [0.717, 1.165) is 16.5 Å². The van der Waals surface area contributed by atoms with E-state index in [1.807, 2.05) is 0 Å². The molecule has 0 spiro atoms. The van der Waals surface area contributed by atoms with Crippen molar-refractivity contribution >= 4 is 28.7 Å². The fourth-order valence-corrected chi connectivity index (χ4v) is 3.82. The Labute approximate surface area is 185 Å². The van der Waals surface area contributed by atoms with E-state index in [-0.39, 0.29) is 13.0 Å². The number of hydrogen-bond donors (Lipinski definition) is 2. The van der Waals surface area contributed by atoms with Crippen LogP contribution in [0.25, 0.3) is 11.2 Å². The van der Waals surface area contributed by atoms with Gasteiger partial charge in [-0.3, -0.25) is 4.79 Å². The minimum atomic E-state index is -4.69. The third-order valence-electron chi connectivity index (χ3n) is 5.65. The number of amides is 2. The molecule has 3 aromatic heterocycles. The summed E-state index contributed by atoms with van der Waals surface area (Å²) >= 11 is 0. The lowest BCUT2D eigenvalue weighted by atomic mass is 10.0. The Hall–Kier alpha value is -3.64. The van der Waals surface area contributed by atoms with Crippen molar-refractivity contribution in [1.29, 1.82) is 0 Å². The van der Waals surface area contributed by atoms with E-state index in [2.05, 4.69) is 20.3 Å². The van der Waals surface area contributed by atoms with Gasteiger partial charge in [0.1, 0.15) is 23.2 Å². The van der Waals surface area contributed by atoms with E-state index in [0.29, 0.717) is 35.8 Å². The molecule has 2 atom stereocenters. The second kappa shape index (κ2) is 8.37. The number of carbonyl (C=O) groups excluding carboxylic acids is 1. The molecular weight excluding hydrogens is 446 g/mol. The normalized spacial score (nSPS) is 19.0. The van der Waals surface area contributed by atoms with Crippen LogP contribution >= 0.6 is 0 Å². The van der Waals surface area contributed by atoms with Gasteiger partial charge in [-0.15, -0.1) is 0 Å². The number of alkyl halides is 4. The standard InChI is InChI=1S/C20H21F4N7O2/c1-29-9-11(20(22,23)24)7-14(18(29)32)28-19(33)30(2)15-4-6-31(10-12(15)21)16-8-26-17-13(27-16)3-5-25-17/h3,5,7-9,12,15H,4,6,10H2,1-2H3,(H,25,26)(H,28,33)/t12-,15-/m1/s1. The number of fused-ring (bicyclic) bond motifs is 1. The first-order valence-electron chi connectivity index (χ1n) is 10.1. The highest BCUT2D eigenvalue weighted by molar-refractivity contribution is 5.89. The molecule has 13 heteroatoms. The summed E-state index contributed by atoms with van der Waals surface area (Å²) in [4.78, 5) is 39.2. The number of hydrogen-bond acceptors (Lipinski definition) is 5. The van der Waals surface area contributed by atoms with Gasteiger partial charge < -0.3 is 24.7 Å². The van der Waals surface area contributed by atoms with Gasteiger partial charge in [0.15, 0.2) is 5.65 Å². The van der Waals surface area contributed by atoms with Crippen LogP contribution in [0.5, 0.6) is 0 Å². The van der Waals surface area contributed by atoms with Crippen LogP contribution in [0.4, 0.5) is 33.9 Å². The van der Waals surface area contributed by atoms with Gasteiger partial charge in [0.2, 0.25) is 0 Å². The summed E-state index contributed by atoms with van der Waals surface area (Å²) in [5, 5.41) is 2.19. The van der Waals surface area contributed by atoms with Crippen LogP contribution in [0, 0.1) is 0 Å². The van der Waals surface area contributed by atoms with Crippen molar-refractivity contribution in [3.8, 4) is 0 Å². The highest BCUT2D eigenvalue weighted by Gasteiger charge is 2.36. The fraction of sp³-hybridized carbons (Fsp3) is 0.400. The van der Waals surface area contributed by atoms with E-state index < -0.39 is 41.2 Å². The second-order valence-corrected chi connectivity index (χ2v) is 7.86. The Kier molecular flexibility index (Phi) is 5.72. The van der Waals surface area contributed by atoms with Crippen molar-refractivity contribution in [2.24, 2.45) is 7.05 Å². The van der Waals surface area contributed by atoms with Crippen LogP contribution < -0.4 is 15.8 Å². The number of H-pyrrole nitrogens is 1. The number of carbonyl (C=O) groups is 1. The topological polar surface area (TPSA) is 99.1 Å². The highest BCUT2D eigenvalue weighted by atomic mass is 19.4. The van der Waals surface area contributed by atoms with E-state index in [1.165, 1.54) is 13.2 Å². The molecule has 0 saturated carbocycles. The molecule has 1 fully saturated rings. The first-order valence-corrected chi connectivity index (χ1v) is 10.1. The quantitative estimate of drug-likeness (QED) is 0.578. The van der Waals surface area contributed by atoms with E-state index in [4.69, 9.17) is 0 Å². The number of urea groups is 1. The maximum atomic E-state index is 15.0. The SMILES string of the molecule is CN(C(=O)Nc1cc(C(F)(F)F)cn(C)c1=O)[C@@H]1CCN(c2cnc3[nH]ccc3n2)C[C@H]1F. The summed E-state index contributed by atoms with van der Waals surface area (Å²) in [6, 6.07) is 0.613. The predicted octanol–water partition coefficient (Wildman–Crippen LogP) is 2.76. The zero-order valence-corrected chi connectivity index (χ0v) is 17.7. The molecule has 0 unspecified atom stereocenters. The Balaban J connectivity index is 1.45. The van der Waals surface area contributed by atoms with E-state index in [1.54, 1.807) is 17.2 Å². The molecule has 0 aliphatic carbocycles. The van der Waals surface area contributed by atoms with Gasteiger partial charge in [-0.1, -0.05) is 0 Å². The average Bonchev–Trinajstić information content (AvgIpc) is 3.23. The maximum absolute atomic E-state index is 15.0. The number of aromatic nitrogens is 4. The number of pyridine rings is 1. The zero-order valence-electron chi connectivity index (χ0n) is 17.7. The van der Waals surface area contributed by atoms with Crippen LogP contribution in [-0.4, -0.2) is 62.8 Å². The Morgan fingerprint density at radius 2 is 2.12 bits per heavy atom. The molecule has 2 N–H and O–H groups in total. The summed E-state index contributed by atoms with van der Waals surface area (Å²) in [6.07, 6.45) is -2.03. The number of piperidine rings is 1. The molecule has 3 aromatic rings. The summed E-state index contributed by atoms with van der Waals surface area (Å²) in [7, 11) is 2.49. The van der Waals surface area contributed by atoms with Crippen molar-refractivity contribution in [1.82, 2.24) is 24.4 Å². The zero-order chi connectivity index (χ0) is 23.9. The number of nitrogens with one attached hydrogen (secondary N) is 2. The van der Waals surface area contributed by atoms with Crippen LogP contribution in [0.15, 0.2) is 35.5 Å². The number of aromatic amines is 1. The molecule has 0 aromatic carbocycles. The average molecular weight is 467 g/mol. The molecule has 1 aliphatic heterocycles. The minimum Gasteiger partial charge on any atom is -0.352 e. The first kappa shape index (κ1) is 22.6. The number of aryl methyl sites for hydroxylation is 1. The van der Waals surface area contributed by atoms with Crippen LogP contribution in [0.3, 0.4) is 0 Å². The van der Waals surface area contributed by atoms with Crippen molar-refractivity contribution in [2.45, 2.75) is 24.8 Å². The summed E-state index contributed by atoms with van der Waals surface area (Å²) in [5.41, 5.74) is -1.17. The van der Waals surface area contributed by atoms with Gasteiger partial charge in [-0.05, 0) is 18.6 Å². The van der Waals surface area contributed by atoms with E-state index >= 15 is 4.39 Å². The summed E-state index contributed by atoms with van der Waals surface area (Å²) < 4.78 is 54.9. The van der Waals surface area contributed by atoms with Crippen LogP contribution in [0.2, 0.25) is 0 Å². The Morgan fingerprint density at radius 3 is 2.82 bits per heavy atom. The van der Waals surface area contributed by atoms with E-state index in [9.17, 15) is 22.8 Å². The predicted molar refractivity (Wildman–Crippen MR) is 113 cm³/mol. The number of nitrogens with zero attached hydrogens (tertiary/aromatic N) is 5. The monoisotopic (exact) mass is 467 g/mol. The third kappa shape index (κ3) is 4.47. The molecule has 9 nitrogen and oxygen atoms in total. The smallest absolute Gasteiger partial charge is 0.352 e. The van der Waals surface area contributed by atoms with Gasteiger partial charge in [-0.2, -0.15) is 13.2 Å². The molecule has 1 saturated heterocycles. The van der Waals surface area contributed by atoms with Gasteiger partial charge in [0.25, 0.3) is 5.56 Å². The summed E-state index contributed by atoms with van der Waals surface area (Å²) in [6.45, 7) is 0.344. The van der Waals surface area contributed by atoms with Gasteiger partial charge >= 0.3 is 12.2 Å². The second-order valence-electron chi connectivity index (χ2n) is 7.86. The van der Waals surface area contributed by atoms with Crippen LogP contribution in [0.1, 0.15) is 12.0 Å². The van der Waals surface area contributed by atoms with Crippen LogP contribution in [-0.2, 0) is 13.2 Å². The molecule has 176 valence electrons. The minimum absolute atomic E-state index is 0.0434. The Bertz CT molecular complexity index is 1240. The highest BCUT2D eigenvalue weighted by Crippen LogP contribution is 2.30. The largest absolute Gasteiger partial charge is 0.417 e. The lowest BCUT2D eigenvalue weighted by Crippen LogP contribution is -2.54. The molecule has 4 heterocycles. The van der Waals surface area contributed by atoms with Crippen molar-refractivity contribution in [3.05, 3.63) is 46.6 Å².